The first-order valence-corrected chi connectivity index (χ1v) is 6.45. The molecule has 1 aliphatic carbocycles. The van der Waals surface area contributed by atoms with Gasteiger partial charge in [-0.05, 0) is 38.3 Å². The van der Waals surface area contributed by atoms with Crippen LogP contribution in [0.15, 0.2) is 12.3 Å². The fraction of sp³-hybridized carbons (Fsp3) is 0.692. The van der Waals surface area contributed by atoms with Crippen LogP contribution in [0.3, 0.4) is 0 Å². The Labute approximate surface area is 103 Å². The van der Waals surface area contributed by atoms with E-state index in [1.54, 1.807) is 0 Å². The summed E-state index contributed by atoms with van der Waals surface area (Å²) in [6, 6.07) is 2.43. The number of nitrogens with zero attached hydrogens (tertiary/aromatic N) is 3. The van der Waals surface area contributed by atoms with Crippen LogP contribution >= 0.6 is 0 Å². The Morgan fingerprint density at radius 1 is 1.41 bits per heavy atom. The van der Waals surface area contributed by atoms with E-state index < -0.39 is 0 Å². The van der Waals surface area contributed by atoms with E-state index in [9.17, 15) is 0 Å². The van der Waals surface area contributed by atoms with Gasteiger partial charge in [-0.3, -0.25) is 0 Å². The van der Waals surface area contributed by atoms with Crippen LogP contribution in [0.2, 0.25) is 0 Å². The molecule has 2 atom stereocenters. The van der Waals surface area contributed by atoms with Gasteiger partial charge in [-0.15, -0.1) is 0 Å². The highest BCUT2D eigenvalue weighted by atomic mass is 15.3. The number of hydrogen-bond donors (Lipinski definition) is 1. The maximum Gasteiger partial charge on any atom is 0.225 e. The molecule has 2 unspecified atom stereocenters. The van der Waals surface area contributed by atoms with Gasteiger partial charge in [0.1, 0.15) is 0 Å². The summed E-state index contributed by atoms with van der Waals surface area (Å²) in [5, 5.41) is 0. The average molecular weight is 234 g/mol. The molecule has 2 N–H and O–H groups in total. The molecule has 4 heteroatoms. The van der Waals surface area contributed by atoms with Gasteiger partial charge < -0.3 is 10.6 Å². The maximum atomic E-state index is 5.87. The average Bonchev–Trinajstić information content (AvgIpc) is 2.38. The van der Waals surface area contributed by atoms with Gasteiger partial charge in [0.25, 0.3) is 0 Å². The lowest BCUT2D eigenvalue weighted by atomic mass is 9.84. The standard InChI is InChI=1S/C13H22N4/c1-10-7-8-15-13(16-10)17(2)12-6-4-3-5-11(12)9-14/h7-8,11-12H,3-6,9,14H2,1-2H3. The topological polar surface area (TPSA) is 55.0 Å². The Morgan fingerprint density at radius 2 is 2.18 bits per heavy atom. The first-order chi connectivity index (χ1) is 8.22. The van der Waals surface area contributed by atoms with Crippen molar-refractivity contribution >= 4 is 5.95 Å². The third-order valence-electron chi connectivity index (χ3n) is 3.77. The predicted molar refractivity (Wildman–Crippen MR) is 70.0 cm³/mol. The van der Waals surface area contributed by atoms with Crippen molar-refractivity contribution in [3.63, 3.8) is 0 Å². The second kappa shape index (κ2) is 5.45. The summed E-state index contributed by atoms with van der Waals surface area (Å²) < 4.78 is 0. The zero-order valence-electron chi connectivity index (χ0n) is 10.8. The molecule has 0 saturated heterocycles. The van der Waals surface area contributed by atoms with Gasteiger partial charge in [-0.2, -0.15) is 0 Å². The maximum absolute atomic E-state index is 5.87. The van der Waals surface area contributed by atoms with E-state index in [1.165, 1.54) is 25.7 Å². The molecule has 2 rings (SSSR count). The molecular weight excluding hydrogens is 212 g/mol. The van der Waals surface area contributed by atoms with E-state index in [2.05, 4.69) is 21.9 Å². The molecule has 0 amide bonds. The molecule has 0 aliphatic heterocycles. The van der Waals surface area contributed by atoms with Crippen molar-refractivity contribution in [2.24, 2.45) is 11.7 Å². The second-order valence-electron chi connectivity index (χ2n) is 4.96. The number of aryl methyl sites for hydroxylation is 1. The molecule has 1 fully saturated rings. The monoisotopic (exact) mass is 234 g/mol. The van der Waals surface area contributed by atoms with E-state index in [0.717, 1.165) is 18.2 Å². The molecule has 1 aromatic rings. The fourth-order valence-electron chi connectivity index (χ4n) is 2.73. The van der Waals surface area contributed by atoms with Crippen LogP contribution < -0.4 is 10.6 Å². The van der Waals surface area contributed by atoms with Crippen molar-refractivity contribution in [1.82, 2.24) is 9.97 Å². The lowest BCUT2D eigenvalue weighted by Gasteiger charge is -2.37. The van der Waals surface area contributed by atoms with Gasteiger partial charge in [0.15, 0.2) is 0 Å². The molecule has 1 saturated carbocycles. The Morgan fingerprint density at radius 3 is 2.88 bits per heavy atom. The van der Waals surface area contributed by atoms with Crippen LogP contribution in [0.4, 0.5) is 5.95 Å². The van der Waals surface area contributed by atoms with Gasteiger partial charge >= 0.3 is 0 Å². The van der Waals surface area contributed by atoms with E-state index in [1.807, 2.05) is 19.2 Å². The SMILES string of the molecule is Cc1ccnc(N(C)C2CCCCC2CN)n1. The third-order valence-corrected chi connectivity index (χ3v) is 3.77. The minimum Gasteiger partial charge on any atom is -0.341 e. The van der Waals surface area contributed by atoms with Crippen LogP contribution in [-0.4, -0.2) is 29.6 Å². The summed E-state index contributed by atoms with van der Waals surface area (Å²) in [6.07, 6.45) is 6.86. The number of nitrogens with two attached hydrogens (primary N) is 1. The highest BCUT2D eigenvalue weighted by Crippen LogP contribution is 2.28. The van der Waals surface area contributed by atoms with Crippen molar-refractivity contribution < 1.29 is 0 Å². The van der Waals surface area contributed by atoms with Crippen molar-refractivity contribution in [1.29, 1.82) is 0 Å². The molecule has 1 aliphatic rings. The summed E-state index contributed by atoms with van der Waals surface area (Å²) in [5.41, 5.74) is 6.89. The van der Waals surface area contributed by atoms with Gasteiger partial charge in [0.2, 0.25) is 5.95 Å². The summed E-state index contributed by atoms with van der Waals surface area (Å²) in [6.45, 7) is 2.77. The van der Waals surface area contributed by atoms with Gasteiger partial charge in [0, 0.05) is 25.0 Å². The summed E-state index contributed by atoms with van der Waals surface area (Å²) in [7, 11) is 2.09. The molecule has 17 heavy (non-hydrogen) atoms. The minimum atomic E-state index is 0.496. The first-order valence-electron chi connectivity index (χ1n) is 6.45. The zero-order chi connectivity index (χ0) is 12.3. The van der Waals surface area contributed by atoms with Crippen LogP contribution in [-0.2, 0) is 0 Å². The predicted octanol–water partition coefficient (Wildman–Crippen LogP) is 1.74. The minimum absolute atomic E-state index is 0.496. The Bertz CT molecular complexity index is 366. The fourth-order valence-corrected chi connectivity index (χ4v) is 2.73. The first kappa shape index (κ1) is 12.3. The largest absolute Gasteiger partial charge is 0.341 e. The Hall–Kier alpha value is -1.16. The van der Waals surface area contributed by atoms with Crippen molar-refractivity contribution in [3.8, 4) is 0 Å². The Balaban J connectivity index is 2.15. The van der Waals surface area contributed by atoms with Gasteiger partial charge in [-0.1, -0.05) is 12.8 Å². The Kier molecular flexibility index (Phi) is 3.94. The third kappa shape index (κ3) is 2.75. The molecule has 1 aromatic heterocycles. The molecule has 94 valence electrons. The second-order valence-corrected chi connectivity index (χ2v) is 4.96. The highest BCUT2D eigenvalue weighted by Gasteiger charge is 2.28. The number of hydrogen-bond acceptors (Lipinski definition) is 4. The molecule has 0 bridgehead atoms. The summed E-state index contributed by atoms with van der Waals surface area (Å²) >= 11 is 0. The molecule has 0 aromatic carbocycles. The zero-order valence-corrected chi connectivity index (χ0v) is 10.8. The van der Waals surface area contributed by atoms with Crippen molar-refractivity contribution in [3.05, 3.63) is 18.0 Å². The lowest BCUT2D eigenvalue weighted by molar-refractivity contribution is 0.304. The number of anilines is 1. The molecule has 0 radical (unpaired) electrons. The van der Waals surface area contributed by atoms with Crippen LogP contribution in [0.5, 0.6) is 0 Å². The van der Waals surface area contributed by atoms with E-state index in [-0.39, 0.29) is 0 Å². The van der Waals surface area contributed by atoms with Crippen LogP contribution in [0.1, 0.15) is 31.4 Å². The quantitative estimate of drug-likeness (QED) is 0.865. The molecular formula is C13H22N4. The van der Waals surface area contributed by atoms with Gasteiger partial charge in [0.05, 0.1) is 0 Å². The van der Waals surface area contributed by atoms with E-state index in [0.29, 0.717) is 12.0 Å². The van der Waals surface area contributed by atoms with E-state index >= 15 is 0 Å². The summed E-state index contributed by atoms with van der Waals surface area (Å²) in [4.78, 5) is 11.1. The number of rotatable bonds is 3. The highest BCUT2D eigenvalue weighted by molar-refractivity contribution is 5.31. The molecule has 4 nitrogen and oxygen atoms in total. The van der Waals surface area contributed by atoms with Crippen LogP contribution in [0.25, 0.3) is 0 Å². The molecule has 1 heterocycles. The van der Waals surface area contributed by atoms with Crippen LogP contribution in [0, 0.1) is 12.8 Å². The number of aromatic nitrogens is 2. The molecule has 0 spiro atoms. The lowest BCUT2D eigenvalue weighted by Crippen LogP contribution is -2.43. The smallest absolute Gasteiger partial charge is 0.225 e. The summed E-state index contributed by atoms with van der Waals surface area (Å²) in [5.74, 6) is 1.41. The van der Waals surface area contributed by atoms with Crippen molar-refractivity contribution in [2.75, 3.05) is 18.5 Å². The van der Waals surface area contributed by atoms with Gasteiger partial charge in [-0.25, -0.2) is 9.97 Å². The van der Waals surface area contributed by atoms with Crippen molar-refractivity contribution in [2.45, 2.75) is 38.6 Å². The van der Waals surface area contributed by atoms with E-state index in [4.69, 9.17) is 5.73 Å². The normalized spacial score (nSPS) is 24.6.